The van der Waals surface area contributed by atoms with Gasteiger partial charge in [0.15, 0.2) is 11.5 Å². The first-order valence-electron chi connectivity index (χ1n) is 13.0. The Morgan fingerprint density at radius 1 is 1.13 bits per heavy atom. The van der Waals surface area contributed by atoms with E-state index in [0.717, 1.165) is 23.9 Å². The zero-order valence-electron chi connectivity index (χ0n) is 22.4. The molecule has 1 saturated heterocycles. The first-order valence-corrected chi connectivity index (χ1v) is 13.0. The molecule has 11 heteroatoms. The molecule has 2 amide bonds. The normalized spacial score (nSPS) is 16.6. The number of anilines is 2. The standard InChI is InChI=1S/C28H30FN7O3/c1-17-14-35-15-18(13-21(29)24(35)31-17)32-25(37)20-5-6-22(19-7-10-30-33-23(19)20)34-11-12-36(28(16-34)8-9-28)26(38)39-27(2,3)4/h5-7,10,13-15H,8-9,11-12,16H2,1-4H3,(H,32,37). The van der Waals surface area contributed by atoms with E-state index in [-0.39, 0.29) is 17.3 Å². The quantitative estimate of drug-likeness (QED) is 0.413. The zero-order valence-corrected chi connectivity index (χ0v) is 22.4. The molecule has 202 valence electrons. The molecular formula is C28H30FN7O3. The van der Waals surface area contributed by atoms with Gasteiger partial charge in [-0.05, 0) is 58.7 Å². The molecule has 39 heavy (non-hydrogen) atoms. The van der Waals surface area contributed by atoms with E-state index < -0.39 is 17.3 Å². The van der Waals surface area contributed by atoms with E-state index in [2.05, 4.69) is 25.4 Å². The molecule has 1 aromatic carbocycles. The molecule has 1 N–H and O–H groups in total. The predicted octanol–water partition coefficient (Wildman–Crippen LogP) is 4.57. The first kappa shape index (κ1) is 25.0. The minimum Gasteiger partial charge on any atom is -0.444 e. The van der Waals surface area contributed by atoms with Crippen molar-refractivity contribution in [1.29, 1.82) is 0 Å². The first-order chi connectivity index (χ1) is 18.5. The zero-order chi connectivity index (χ0) is 27.5. The van der Waals surface area contributed by atoms with Crippen LogP contribution in [0.1, 0.15) is 49.7 Å². The smallest absolute Gasteiger partial charge is 0.410 e. The molecule has 4 aromatic rings. The van der Waals surface area contributed by atoms with E-state index in [1.54, 1.807) is 36.0 Å². The van der Waals surface area contributed by atoms with Gasteiger partial charge in [0, 0.05) is 49.2 Å². The molecule has 1 aliphatic heterocycles. The highest BCUT2D eigenvalue weighted by Gasteiger charge is 2.54. The number of benzene rings is 1. The molecule has 3 aromatic heterocycles. The summed E-state index contributed by atoms with van der Waals surface area (Å²) in [7, 11) is 0. The fourth-order valence-electron chi connectivity index (χ4n) is 5.33. The van der Waals surface area contributed by atoms with Gasteiger partial charge in [-0.25, -0.2) is 14.2 Å². The van der Waals surface area contributed by atoms with E-state index in [1.807, 2.05) is 37.8 Å². The minimum absolute atomic E-state index is 0.200. The number of aromatic nitrogens is 4. The molecule has 1 spiro atoms. The third-order valence-corrected chi connectivity index (χ3v) is 7.22. The summed E-state index contributed by atoms with van der Waals surface area (Å²) in [5.41, 5.74) is 2.08. The number of aryl methyl sites for hydroxylation is 1. The van der Waals surface area contributed by atoms with Crippen molar-refractivity contribution >= 4 is 39.9 Å². The van der Waals surface area contributed by atoms with Crippen molar-refractivity contribution in [3.05, 3.63) is 59.9 Å². The van der Waals surface area contributed by atoms with Crippen LogP contribution in [-0.2, 0) is 4.74 Å². The van der Waals surface area contributed by atoms with Crippen LogP contribution in [0, 0.1) is 12.7 Å². The van der Waals surface area contributed by atoms with Gasteiger partial charge in [-0.15, -0.1) is 5.10 Å². The molecule has 1 saturated carbocycles. The van der Waals surface area contributed by atoms with Gasteiger partial charge in [0.25, 0.3) is 5.91 Å². The summed E-state index contributed by atoms with van der Waals surface area (Å²) in [5.74, 6) is -0.948. The van der Waals surface area contributed by atoms with E-state index in [4.69, 9.17) is 4.74 Å². The predicted molar refractivity (Wildman–Crippen MR) is 144 cm³/mol. The third kappa shape index (κ3) is 4.62. The van der Waals surface area contributed by atoms with Crippen molar-refractivity contribution < 1.29 is 18.7 Å². The van der Waals surface area contributed by atoms with Crippen LogP contribution < -0.4 is 10.2 Å². The van der Waals surface area contributed by atoms with Gasteiger partial charge < -0.3 is 19.4 Å². The number of amides is 2. The molecule has 6 rings (SSSR count). The van der Waals surface area contributed by atoms with E-state index in [9.17, 15) is 14.0 Å². The molecule has 10 nitrogen and oxygen atoms in total. The Morgan fingerprint density at radius 3 is 2.67 bits per heavy atom. The number of pyridine rings is 1. The third-order valence-electron chi connectivity index (χ3n) is 7.22. The fraction of sp³-hybridized carbons (Fsp3) is 0.393. The molecule has 0 bridgehead atoms. The van der Waals surface area contributed by atoms with Crippen LogP contribution in [-0.4, -0.2) is 67.3 Å². The number of hydrogen-bond donors (Lipinski definition) is 1. The average Bonchev–Trinajstić information content (AvgIpc) is 3.51. The van der Waals surface area contributed by atoms with Crippen molar-refractivity contribution in [1.82, 2.24) is 24.5 Å². The SMILES string of the molecule is Cc1cn2cc(NC(=O)c3ccc(N4CCN(C(=O)OC(C)(C)C)C5(CC5)C4)c4ccnnc34)cc(F)c2n1. The Labute approximate surface area is 224 Å². The summed E-state index contributed by atoms with van der Waals surface area (Å²) in [4.78, 5) is 34.5. The number of ether oxygens (including phenoxy) is 1. The fourth-order valence-corrected chi connectivity index (χ4v) is 5.33. The largest absolute Gasteiger partial charge is 0.444 e. The molecule has 4 heterocycles. The molecule has 2 aliphatic rings. The van der Waals surface area contributed by atoms with Gasteiger partial charge in [-0.3, -0.25) is 9.69 Å². The lowest BCUT2D eigenvalue weighted by atomic mass is 10.0. The van der Waals surface area contributed by atoms with Crippen LogP contribution in [0.4, 0.5) is 20.6 Å². The maximum absolute atomic E-state index is 14.6. The number of nitrogens with zero attached hydrogens (tertiary/aromatic N) is 6. The molecule has 0 unspecified atom stereocenters. The number of halogens is 1. The monoisotopic (exact) mass is 531 g/mol. The van der Waals surface area contributed by atoms with Gasteiger partial charge in [0.05, 0.1) is 28.7 Å². The lowest BCUT2D eigenvalue weighted by Crippen LogP contribution is -2.58. The average molecular weight is 532 g/mol. The Bertz CT molecular complexity index is 1620. The molecular weight excluding hydrogens is 501 g/mol. The van der Waals surface area contributed by atoms with Crippen LogP contribution in [0.25, 0.3) is 16.6 Å². The van der Waals surface area contributed by atoms with Crippen molar-refractivity contribution in [2.24, 2.45) is 0 Å². The topological polar surface area (TPSA) is 105 Å². The van der Waals surface area contributed by atoms with Gasteiger partial charge in [-0.1, -0.05) is 0 Å². The minimum atomic E-state index is -0.551. The molecule has 2 fully saturated rings. The van der Waals surface area contributed by atoms with Gasteiger partial charge in [-0.2, -0.15) is 5.10 Å². The van der Waals surface area contributed by atoms with Crippen molar-refractivity contribution in [2.45, 2.75) is 51.7 Å². The number of carbonyl (C=O) groups excluding carboxylic acids is 2. The summed E-state index contributed by atoms with van der Waals surface area (Å²) in [6.07, 6.45) is 6.47. The summed E-state index contributed by atoms with van der Waals surface area (Å²) < 4.78 is 21.8. The number of hydrogen-bond acceptors (Lipinski definition) is 7. The van der Waals surface area contributed by atoms with Gasteiger partial charge in [0.1, 0.15) is 11.1 Å². The van der Waals surface area contributed by atoms with Crippen LogP contribution >= 0.6 is 0 Å². The lowest BCUT2D eigenvalue weighted by molar-refractivity contribution is 0.0106. The van der Waals surface area contributed by atoms with Gasteiger partial charge in [0.2, 0.25) is 0 Å². The summed E-state index contributed by atoms with van der Waals surface area (Å²) in [6.45, 7) is 9.22. The van der Waals surface area contributed by atoms with Gasteiger partial charge >= 0.3 is 6.09 Å². The Morgan fingerprint density at radius 2 is 1.92 bits per heavy atom. The van der Waals surface area contributed by atoms with E-state index in [0.29, 0.717) is 42.1 Å². The highest BCUT2D eigenvalue weighted by Crippen LogP contribution is 2.46. The molecule has 0 radical (unpaired) electrons. The highest BCUT2D eigenvalue weighted by atomic mass is 19.1. The Hall–Kier alpha value is -4.28. The lowest BCUT2D eigenvalue weighted by Gasteiger charge is -2.43. The van der Waals surface area contributed by atoms with Crippen LogP contribution in [0.5, 0.6) is 0 Å². The summed E-state index contributed by atoms with van der Waals surface area (Å²) in [5, 5.41) is 11.9. The number of imidazole rings is 1. The van der Waals surface area contributed by atoms with Crippen molar-refractivity contribution in [3.63, 3.8) is 0 Å². The number of piperazine rings is 1. The molecule has 1 aliphatic carbocycles. The number of rotatable bonds is 3. The van der Waals surface area contributed by atoms with E-state index in [1.165, 1.54) is 6.07 Å². The van der Waals surface area contributed by atoms with Crippen LogP contribution in [0.2, 0.25) is 0 Å². The second-order valence-corrected chi connectivity index (χ2v) is 11.3. The van der Waals surface area contributed by atoms with Crippen molar-refractivity contribution in [3.8, 4) is 0 Å². The Kier molecular flexibility index (Phi) is 5.70. The van der Waals surface area contributed by atoms with Crippen molar-refractivity contribution in [2.75, 3.05) is 29.9 Å². The summed E-state index contributed by atoms with van der Waals surface area (Å²) >= 11 is 0. The highest BCUT2D eigenvalue weighted by molar-refractivity contribution is 6.13. The maximum Gasteiger partial charge on any atom is 0.410 e. The second-order valence-electron chi connectivity index (χ2n) is 11.3. The Balaban J connectivity index is 1.27. The maximum atomic E-state index is 14.6. The van der Waals surface area contributed by atoms with Crippen LogP contribution in [0.3, 0.4) is 0 Å². The number of carbonyl (C=O) groups is 2. The number of fused-ring (bicyclic) bond motifs is 2. The summed E-state index contributed by atoms with van der Waals surface area (Å²) in [6, 6.07) is 6.72. The second kappa shape index (κ2) is 8.89. The molecule has 0 atom stereocenters. The number of nitrogens with one attached hydrogen (secondary N) is 1. The van der Waals surface area contributed by atoms with Crippen LogP contribution in [0.15, 0.2) is 42.9 Å². The van der Waals surface area contributed by atoms with E-state index >= 15 is 0 Å².